The van der Waals surface area contributed by atoms with E-state index in [1.807, 2.05) is 48.5 Å². The molecule has 0 atom stereocenters. The summed E-state index contributed by atoms with van der Waals surface area (Å²) in [5.41, 5.74) is 3.76. The third-order valence-electron chi connectivity index (χ3n) is 4.77. The highest BCUT2D eigenvalue weighted by atomic mass is 32.1. The fraction of sp³-hybridized carbons (Fsp3) is 0.182. The van der Waals surface area contributed by atoms with Gasteiger partial charge in [-0.15, -0.1) is 11.3 Å². The summed E-state index contributed by atoms with van der Waals surface area (Å²) in [5.74, 6) is 0.792. The van der Waals surface area contributed by atoms with Crippen molar-refractivity contribution in [2.75, 3.05) is 7.11 Å². The van der Waals surface area contributed by atoms with Gasteiger partial charge in [0, 0.05) is 36.1 Å². The van der Waals surface area contributed by atoms with Crippen LogP contribution in [0.15, 0.2) is 54.7 Å². The number of thiazole rings is 1. The molecule has 0 fully saturated rings. The summed E-state index contributed by atoms with van der Waals surface area (Å²) in [4.78, 5) is 16.8. The Kier molecular flexibility index (Phi) is 4.98. The zero-order valence-electron chi connectivity index (χ0n) is 15.7. The number of aliphatic hydroxyl groups is 1. The van der Waals surface area contributed by atoms with Crippen LogP contribution in [0.4, 0.5) is 0 Å². The van der Waals surface area contributed by atoms with Gasteiger partial charge in [-0.25, -0.2) is 4.98 Å². The van der Waals surface area contributed by atoms with E-state index in [9.17, 15) is 9.90 Å². The van der Waals surface area contributed by atoms with Gasteiger partial charge >= 0.3 is 0 Å². The van der Waals surface area contributed by atoms with Crippen molar-refractivity contribution in [1.82, 2.24) is 9.55 Å². The summed E-state index contributed by atoms with van der Waals surface area (Å²) in [6.45, 7) is 2.01. The Hall–Kier alpha value is -2.96. The third-order valence-corrected chi connectivity index (χ3v) is 5.89. The minimum absolute atomic E-state index is 0.00517. The Balaban J connectivity index is 1.90. The number of fused-ring (bicyclic) bond motifs is 1. The number of hydrogen-bond donors (Lipinski definition) is 1. The van der Waals surface area contributed by atoms with Gasteiger partial charge in [0.15, 0.2) is 5.78 Å². The fourth-order valence-corrected chi connectivity index (χ4v) is 4.34. The van der Waals surface area contributed by atoms with Gasteiger partial charge in [0.25, 0.3) is 0 Å². The van der Waals surface area contributed by atoms with Crippen LogP contribution in [0.3, 0.4) is 0 Å². The van der Waals surface area contributed by atoms with E-state index in [4.69, 9.17) is 4.74 Å². The lowest BCUT2D eigenvalue weighted by Crippen LogP contribution is -2.05. The third kappa shape index (κ3) is 3.21. The second kappa shape index (κ2) is 7.58. The molecule has 4 rings (SSSR count). The van der Waals surface area contributed by atoms with Crippen molar-refractivity contribution in [3.05, 3.63) is 70.9 Å². The summed E-state index contributed by atoms with van der Waals surface area (Å²) in [6.07, 6.45) is 1.61. The van der Waals surface area contributed by atoms with E-state index in [1.165, 1.54) is 18.3 Å². The topological polar surface area (TPSA) is 64.3 Å². The van der Waals surface area contributed by atoms with Crippen LogP contribution in [0.1, 0.15) is 27.9 Å². The molecule has 0 bridgehead atoms. The number of rotatable bonds is 6. The molecule has 0 radical (unpaired) electrons. The standard InChI is InChI=1S/C22H20N2O3S/c1-14(26)20-11-23-22(28-20)21-17-8-3-4-9-18(17)24(19(21)13-25)12-15-6-5-7-16(10-15)27-2/h3-11,25H,12-13H2,1-2H3. The first-order valence-corrected chi connectivity index (χ1v) is 9.75. The van der Waals surface area contributed by atoms with Crippen LogP contribution in [-0.2, 0) is 13.2 Å². The molecule has 2 aromatic carbocycles. The Morgan fingerprint density at radius 1 is 1.21 bits per heavy atom. The first kappa shape index (κ1) is 18.4. The van der Waals surface area contributed by atoms with E-state index in [0.717, 1.165) is 38.5 Å². The number of aromatic nitrogens is 2. The highest BCUT2D eigenvalue weighted by Gasteiger charge is 2.21. The van der Waals surface area contributed by atoms with Crippen LogP contribution in [0.5, 0.6) is 5.75 Å². The smallest absolute Gasteiger partial charge is 0.171 e. The van der Waals surface area contributed by atoms with Gasteiger partial charge in [0.2, 0.25) is 0 Å². The average molecular weight is 392 g/mol. The second-order valence-electron chi connectivity index (χ2n) is 6.52. The molecule has 1 N–H and O–H groups in total. The molecule has 28 heavy (non-hydrogen) atoms. The fourth-order valence-electron chi connectivity index (χ4n) is 3.45. The maximum atomic E-state index is 11.7. The molecule has 0 saturated carbocycles. The Morgan fingerprint density at radius 3 is 2.75 bits per heavy atom. The lowest BCUT2D eigenvalue weighted by Gasteiger charge is -2.11. The summed E-state index contributed by atoms with van der Waals surface area (Å²) in [6, 6.07) is 15.9. The number of ether oxygens (including phenoxy) is 1. The maximum absolute atomic E-state index is 11.7. The Morgan fingerprint density at radius 2 is 2.04 bits per heavy atom. The van der Waals surface area contributed by atoms with Crippen LogP contribution >= 0.6 is 11.3 Å². The summed E-state index contributed by atoms with van der Waals surface area (Å²) in [5, 5.41) is 12.0. The van der Waals surface area contributed by atoms with E-state index in [-0.39, 0.29) is 12.4 Å². The van der Waals surface area contributed by atoms with Crippen molar-refractivity contribution in [2.45, 2.75) is 20.1 Å². The molecule has 0 spiro atoms. The number of hydrogen-bond acceptors (Lipinski definition) is 5. The first-order valence-electron chi connectivity index (χ1n) is 8.93. The van der Waals surface area contributed by atoms with Crippen LogP contribution in [0.25, 0.3) is 21.5 Å². The highest BCUT2D eigenvalue weighted by molar-refractivity contribution is 7.17. The molecule has 2 aromatic heterocycles. The van der Waals surface area contributed by atoms with Gasteiger partial charge < -0.3 is 14.4 Å². The van der Waals surface area contributed by atoms with Gasteiger partial charge in [0.1, 0.15) is 10.8 Å². The van der Waals surface area contributed by atoms with Crippen molar-refractivity contribution >= 4 is 28.0 Å². The molecule has 0 aliphatic heterocycles. The molecule has 0 unspecified atom stereocenters. The summed E-state index contributed by atoms with van der Waals surface area (Å²) in [7, 11) is 1.65. The van der Waals surface area contributed by atoms with Gasteiger partial charge in [0.05, 0.1) is 24.3 Å². The number of carbonyl (C=O) groups excluding carboxylic acids is 1. The molecule has 0 amide bonds. The highest BCUT2D eigenvalue weighted by Crippen LogP contribution is 2.37. The zero-order valence-corrected chi connectivity index (χ0v) is 16.5. The summed E-state index contributed by atoms with van der Waals surface area (Å²) >= 11 is 1.36. The minimum Gasteiger partial charge on any atom is -0.497 e. The SMILES string of the molecule is COc1cccc(Cn2c(CO)c(-c3ncc(C(C)=O)s3)c3ccccc32)c1. The molecule has 5 nitrogen and oxygen atoms in total. The molecule has 0 aliphatic rings. The number of para-hydroxylation sites is 1. The summed E-state index contributed by atoms with van der Waals surface area (Å²) < 4.78 is 7.44. The van der Waals surface area contributed by atoms with E-state index in [2.05, 4.69) is 9.55 Å². The Labute approximate surface area is 166 Å². The Bertz CT molecular complexity index is 1160. The monoisotopic (exact) mass is 392 g/mol. The first-order chi connectivity index (χ1) is 13.6. The molecule has 142 valence electrons. The van der Waals surface area contributed by atoms with E-state index >= 15 is 0 Å². The quantitative estimate of drug-likeness (QED) is 0.490. The lowest BCUT2D eigenvalue weighted by atomic mass is 10.1. The predicted octanol–water partition coefficient (Wildman–Crippen LogP) is 4.52. The second-order valence-corrected chi connectivity index (χ2v) is 7.55. The maximum Gasteiger partial charge on any atom is 0.171 e. The van der Waals surface area contributed by atoms with Crippen molar-refractivity contribution < 1.29 is 14.6 Å². The lowest BCUT2D eigenvalue weighted by molar-refractivity contribution is 0.102. The molecular formula is C22H20N2O3S. The van der Waals surface area contributed by atoms with Crippen molar-refractivity contribution in [2.24, 2.45) is 0 Å². The van der Waals surface area contributed by atoms with Gasteiger partial charge in [-0.2, -0.15) is 0 Å². The largest absolute Gasteiger partial charge is 0.497 e. The van der Waals surface area contributed by atoms with Crippen molar-refractivity contribution in [3.63, 3.8) is 0 Å². The van der Waals surface area contributed by atoms with E-state index < -0.39 is 0 Å². The number of methoxy groups -OCH3 is 1. The molecule has 0 saturated heterocycles. The average Bonchev–Trinajstić information content (AvgIpc) is 3.31. The zero-order chi connectivity index (χ0) is 19.7. The van der Waals surface area contributed by atoms with Gasteiger partial charge in [-0.1, -0.05) is 30.3 Å². The molecule has 4 aromatic rings. The van der Waals surface area contributed by atoms with Crippen LogP contribution in [-0.4, -0.2) is 27.6 Å². The predicted molar refractivity (Wildman–Crippen MR) is 111 cm³/mol. The molecule has 0 aliphatic carbocycles. The number of ketones is 1. The van der Waals surface area contributed by atoms with Crippen molar-refractivity contribution in [1.29, 1.82) is 0 Å². The number of aliphatic hydroxyl groups excluding tert-OH is 1. The van der Waals surface area contributed by atoms with E-state index in [0.29, 0.717) is 11.4 Å². The van der Waals surface area contributed by atoms with Crippen LogP contribution < -0.4 is 4.74 Å². The molecule has 2 heterocycles. The van der Waals surface area contributed by atoms with Gasteiger partial charge in [-0.05, 0) is 23.8 Å². The van der Waals surface area contributed by atoms with E-state index in [1.54, 1.807) is 13.3 Å². The number of carbonyl (C=O) groups is 1. The van der Waals surface area contributed by atoms with Crippen molar-refractivity contribution in [3.8, 4) is 16.3 Å². The number of benzene rings is 2. The van der Waals surface area contributed by atoms with Gasteiger partial charge in [-0.3, -0.25) is 4.79 Å². The molecular weight excluding hydrogens is 372 g/mol. The van der Waals surface area contributed by atoms with Crippen LogP contribution in [0.2, 0.25) is 0 Å². The number of nitrogens with zero attached hydrogens (tertiary/aromatic N) is 2. The normalized spacial score (nSPS) is 11.1. The molecule has 6 heteroatoms. The van der Waals surface area contributed by atoms with Crippen LogP contribution in [0, 0.1) is 0 Å². The number of Topliss-reactive ketones (excluding diaryl/α,β-unsaturated/α-hetero) is 1. The minimum atomic E-state index is -0.122.